The lowest BCUT2D eigenvalue weighted by atomic mass is 10.0. The molecule has 0 unspecified atom stereocenters. The van der Waals surface area contributed by atoms with E-state index in [0.717, 1.165) is 0 Å². The summed E-state index contributed by atoms with van der Waals surface area (Å²) in [4.78, 5) is 11.7. The van der Waals surface area contributed by atoms with E-state index in [9.17, 15) is 9.18 Å². The molecule has 0 aromatic carbocycles. The molecule has 0 aliphatic heterocycles. The normalized spacial score (nSPS) is 15.5. The molecule has 24 heavy (non-hydrogen) atoms. The Labute approximate surface area is 142 Å². The Kier molecular flexibility index (Phi) is 7.66. The van der Waals surface area contributed by atoms with Crippen molar-refractivity contribution >= 4 is 5.91 Å². The van der Waals surface area contributed by atoms with Crippen molar-refractivity contribution < 1.29 is 18.7 Å². The van der Waals surface area contributed by atoms with E-state index in [4.69, 9.17) is 14.7 Å². The minimum atomic E-state index is -0.811. The Balaban J connectivity index is 2.20. The third-order valence-electron chi connectivity index (χ3n) is 3.72. The molecule has 1 N–H and O–H groups in total. The molecule has 132 valence electrons. The Hall–Kier alpha value is -2.13. The van der Waals surface area contributed by atoms with Gasteiger partial charge in [0.15, 0.2) is 0 Å². The molecule has 5 nitrogen and oxygen atoms in total. The first-order valence-electron chi connectivity index (χ1n) is 7.98. The van der Waals surface area contributed by atoms with Gasteiger partial charge in [-0.3, -0.25) is 4.79 Å². The van der Waals surface area contributed by atoms with E-state index in [1.54, 1.807) is 0 Å². The molecular formula is C18H25FN2O3. The fraction of sp³-hybridized carbons (Fsp3) is 0.556. The van der Waals surface area contributed by atoms with Crippen LogP contribution in [0.1, 0.15) is 26.7 Å². The van der Waals surface area contributed by atoms with Crippen LogP contribution in [0.5, 0.6) is 0 Å². The van der Waals surface area contributed by atoms with Crippen molar-refractivity contribution in [2.45, 2.75) is 26.7 Å². The number of allylic oxidation sites excluding steroid dienone is 3. The molecule has 0 spiro atoms. The van der Waals surface area contributed by atoms with Crippen molar-refractivity contribution in [2.24, 2.45) is 11.3 Å². The third-order valence-corrected chi connectivity index (χ3v) is 3.72. The van der Waals surface area contributed by atoms with Crippen LogP contribution in [-0.4, -0.2) is 32.3 Å². The first-order valence-corrected chi connectivity index (χ1v) is 7.98. The lowest BCUT2D eigenvalue weighted by Crippen LogP contribution is -2.33. The smallest absolute Gasteiger partial charge is 0.240 e. The first-order chi connectivity index (χ1) is 11.3. The monoisotopic (exact) mass is 336 g/mol. The quantitative estimate of drug-likeness (QED) is 0.358. The largest absolute Gasteiger partial charge is 0.491 e. The van der Waals surface area contributed by atoms with Crippen molar-refractivity contribution in [1.82, 2.24) is 5.32 Å². The molecule has 0 atom stereocenters. The average Bonchev–Trinajstić information content (AvgIpc) is 3.32. The van der Waals surface area contributed by atoms with Crippen LogP contribution in [0.4, 0.5) is 4.39 Å². The fourth-order valence-electron chi connectivity index (χ4n) is 1.89. The van der Waals surface area contributed by atoms with Gasteiger partial charge in [0, 0.05) is 12.6 Å². The number of amides is 1. The van der Waals surface area contributed by atoms with Crippen molar-refractivity contribution in [3.63, 3.8) is 0 Å². The van der Waals surface area contributed by atoms with Crippen molar-refractivity contribution in [2.75, 3.05) is 26.4 Å². The summed E-state index contributed by atoms with van der Waals surface area (Å²) in [5.41, 5.74) is -0.123. The number of nitrogens with zero attached hydrogens (tertiary/aromatic N) is 1. The highest BCUT2D eigenvalue weighted by Crippen LogP contribution is 2.44. The summed E-state index contributed by atoms with van der Waals surface area (Å²) in [5, 5.41) is 11.6. The third kappa shape index (κ3) is 6.17. The van der Waals surface area contributed by atoms with Gasteiger partial charge in [-0.05, 0) is 24.3 Å². The number of halogens is 1. The molecule has 1 rings (SSSR count). The molecule has 0 bridgehead atoms. The molecule has 0 aromatic rings. The summed E-state index contributed by atoms with van der Waals surface area (Å²) < 4.78 is 23.8. The number of hydrogen-bond donors (Lipinski definition) is 1. The second kappa shape index (κ2) is 9.24. The van der Waals surface area contributed by atoms with E-state index < -0.39 is 11.2 Å². The Bertz CT molecular complexity index is 557. The van der Waals surface area contributed by atoms with Crippen LogP contribution in [0.3, 0.4) is 0 Å². The molecule has 1 amide bonds. The van der Waals surface area contributed by atoms with Crippen LogP contribution in [0.2, 0.25) is 0 Å². The Morgan fingerprint density at radius 3 is 2.54 bits per heavy atom. The summed E-state index contributed by atoms with van der Waals surface area (Å²) >= 11 is 0. The van der Waals surface area contributed by atoms with Crippen LogP contribution in [0.15, 0.2) is 36.4 Å². The van der Waals surface area contributed by atoms with Gasteiger partial charge in [-0.1, -0.05) is 27.0 Å². The fourth-order valence-corrected chi connectivity index (χ4v) is 1.89. The van der Waals surface area contributed by atoms with Crippen LogP contribution in [-0.2, 0) is 14.3 Å². The molecule has 0 heterocycles. The van der Waals surface area contributed by atoms with E-state index in [1.165, 1.54) is 6.08 Å². The molecular weight excluding hydrogens is 311 g/mol. The van der Waals surface area contributed by atoms with E-state index in [-0.39, 0.29) is 18.4 Å². The van der Waals surface area contributed by atoms with Crippen molar-refractivity contribution in [3.05, 3.63) is 36.4 Å². The average molecular weight is 336 g/mol. The summed E-state index contributed by atoms with van der Waals surface area (Å²) in [7, 11) is 0. The predicted octanol–water partition coefficient (Wildman–Crippen LogP) is 3.02. The molecule has 1 saturated carbocycles. The van der Waals surface area contributed by atoms with Gasteiger partial charge in [0.05, 0.1) is 19.3 Å². The van der Waals surface area contributed by atoms with Crippen LogP contribution >= 0.6 is 0 Å². The van der Waals surface area contributed by atoms with Gasteiger partial charge in [-0.25, -0.2) is 4.39 Å². The highest BCUT2D eigenvalue weighted by molar-refractivity contribution is 5.88. The SMILES string of the molecule is C=C(F)/C=C(/OCCOCCNC(=O)C1(C#N)CC1)C(=C)C(C)C. The van der Waals surface area contributed by atoms with Gasteiger partial charge in [0.1, 0.15) is 23.6 Å². The highest BCUT2D eigenvalue weighted by Gasteiger charge is 2.50. The zero-order valence-electron chi connectivity index (χ0n) is 14.4. The van der Waals surface area contributed by atoms with Crippen LogP contribution in [0.25, 0.3) is 0 Å². The standard InChI is InChI=1S/C18H25FN2O3/c1-13(2)15(4)16(11-14(3)19)24-10-9-23-8-7-21-17(22)18(12-20)5-6-18/h11,13H,3-10H2,1-2H3,(H,21,22)/b16-11+. The van der Waals surface area contributed by atoms with Gasteiger partial charge in [-0.2, -0.15) is 5.26 Å². The zero-order valence-corrected chi connectivity index (χ0v) is 14.4. The second-order valence-electron chi connectivity index (χ2n) is 6.05. The van der Waals surface area contributed by atoms with E-state index in [1.807, 2.05) is 19.9 Å². The Morgan fingerprint density at radius 2 is 2.04 bits per heavy atom. The van der Waals surface area contributed by atoms with Gasteiger partial charge in [0.25, 0.3) is 0 Å². The van der Waals surface area contributed by atoms with Gasteiger partial charge in [-0.15, -0.1) is 0 Å². The van der Waals surface area contributed by atoms with E-state index >= 15 is 0 Å². The number of nitriles is 1. The highest BCUT2D eigenvalue weighted by atomic mass is 19.1. The van der Waals surface area contributed by atoms with Gasteiger partial charge in [0.2, 0.25) is 5.91 Å². The maximum atomic E-state index is 13.0. The minimum Gasteiger partial charge on any atom is -0.491 e. The first kappa shape index (κ1) is 19.9. The molecule has 1 aliphatic rings. The molecule has 6 heteroatoms. The summed E-state index contributed by atoms with van der Waals surface area (Å²) in [6, 6.07) is 2.04. The second-order valence-corrected chi connectivity index (χ2v) is 6.05. The van der Waals surface area contributed by atoms with E-state index in [2.05, 4.69) is 18.5 Å². The minimum absolute atomic E-state index is 0.126. The maximum absolute atomic E-state index is 13.0. The summed E-state index contributed by atoms with van der Waals surface area (Å²) in [6.45, 7) is 12.1. The number of rotatable bonds is 11. The van der Waals surface area contributed by atoms with E-state index in [0.29, 0.717) is 43.9 Å². The Morgan fingerprint density at radius 1 is 1.38 bits per heavy atom. The van der Waals surface area contributed by atoms with Crippen molar-refractivity contribution in [1.29, 1.82) is 5.26 Å². The van der Waals surface area contributed by atoms with Crippen LogP contribution in [0, 0.1) is 22.7 Å². The molecule has 0 aromatic heterocycles. The number of carbonyl (C=O) groups is 1. The molecule has 1 aliphatic carbocycles. The lowest BCUT2D eigenvalue weighted by Gasteiger charge is -2.15. The zero-order chi connectivity index (χ0) is 18.2. The number of carbonyl (C=O) groups excluding carboxylic acids is 1. The predicted molar refractivity (Wildman–Crippen MR) is 89.4 cm³/mol. The van der Waals surface area contributed by atoms with Crippen LogP contribution < -0.4 is 5.32 Å². The molecule has 0 saturated heterocycles. The number of nitrogens with one attached hydrogen (secondary N) is 1. The topological polar surface area (TPSA) is 71.3 Å². The van der Waals surface area contributed by atoms with Gasteiger partial charge >= 0.3 is 0 Å². The summed E-state index contributed by atoms with van der Waals surface area (Å²) in [5.74, 6) is -0.340. The molecule has 1 fully saturated rings. The lowest BCUT2D eigenvalue weighted by molar-refractivity contribution is -0.124. The summed E-state index contributed by atoms with van der Waals surface area (Å²) in [6.07, 6.45) is 2.46. The van der Waals surface area contributed by atoms with Gasteiger partial charge < -0.3 is 14.8 Å². The maximum Gasteiger partial charge on any atom is 0.240 e. The number of hydrogen-bond acceptors (Lipinski definition) is 4. The van der Waals surface area contributed by atoms with Crippen molar-refractivity contribution in [3.8, 4) is 6.07 Å². The molecule has 0 radical (unpaired) electrons. The number of ether oxygens (including phenoxy) is 2.